The summed E-state index contributed by atoms with van der Waals surface area (Å²) in [4.78, 5) is 14.2. The number of carbonyl (C=O) groups is 1. The van der Waals surface area contributed by atoms with Crippen LogP contribution in [0.4, 0.5) is 0 Å². The molecule has 0 aromatic rings. The molecule has 1 N–H and O–H groups in total. The normalized spacial score (nSPS) is 22.6. The van der Waals surface area contributed by atoms with Gasteiger partial charge in [-0.15, -0.1) is 0 Å². The van der Waals surface area contributed by atoms with Crippen molar-refractivity contribution < 1.29 is 14.6 Å². The van der Waals surface area contributed by atoms with Crippen LogP contribution in [0.25, 0.3) is 0 Å². The first-order chi connectivity index (χ1) is 5.22. The fourth-order valence-electron chi connectivity index (χ4n) is 0.967. The number of aliphatic carboxylic acids is 1. The van der Waals surface area contributed by atoms with Crippen LogP contribution in [-0.2, 0) is 9.53 Å². The summed E-state index contributed by atoms with van der Waals surface area (Å²) in [5, 5.41) is 8.40. The first-order valence-corrected chi connectivity index (χ1v) is 3.64. The van der Waals surface area contributed by atoms with Crippen LogP contribution in [0.2, 0.25) is 0 Å². The summed E-state index contributed by atoms with van der Waals surface area (Å²) in [6.45, 7) is 2.43. The molecule has 0 aliphatic carbocycles. The Morgan fingerprint density at radius 2 is 2.64 bits per heavy atom. The lowest BCUT2D eigenvalue weighted by Gasteiger charge is -2.06. The van der Waals surface area contributed by atoms with E-state index in [1.165, 1.54) is 0 Å². The second kappa shape index (κ2) is 3.37. The second-order valence-electron chi connectivity index (χ2n) is 2.43. The minimum Gasteiger partial charge on any atom is -0.481 e. The summed E-state index contributed by atoms with van der Waals surface area (Å²) >= 11 is 0. The molecule has 0 saturated carbocycles. The van der Waals surface area contributed by atoms with E-state index in [4.69, 9.17) is 9.84 Å². The molecular weight excluding hydrogens is 146 g/mol. The van der Waals surface area contributed by atoms with E-state index in [1.807, 2.05) is 6.92 Å². The van der Waals surface area contributed by atoms with E-state index in [2.05, 4.69) is 4.99 Å². The molecule has 4 nitrogen and oxygen atoms in total. The average Bonchev–Trinajstić information content (AvgIpc) is 2.34. The standard InChI is InChI=1S/C7H11NO3/c1-2-6-8-4-5(11-6)3-7(9)10/h5H,2-4H2,1H3,(H,9,10). The Kier molecular flexibility index (Phi) is 2.46. The highest BCUT2D eigenvalue weighted by Crippen LogP contribution is 2.09. The maximum Gasteiger partial charge on any atom is 0.307 e. The van der Waals surface area contributed by atoms with Gasteiger partial charge in [-0.25, -0.2) is 0 Å². The molecule has 0 radical (unpaired) electrons. The van der Waals surface area contributed by atoms with E-state index in [9.17, 15) is 4.79 Å². The maximum atomic E-state index is 10.2. The zero-order valence-corrected chi connectivity index (χ0v) is 6.41. The van der Waals surface area contributed by atoms with Crippen molar-refractivity contribution in [3.63, 3.8) is 0 Å². The van der Waals surface area contributed by atoms with Crippen LogP contribution in [0.5, 0.6) is 0 Å². The minimum atomic E-state index is -0.831. The molecule has 4 heteroatoms. The van der Waals surface area contributed by atoms with Crippen molar-refractivity contribution in [2.45, 2.75) is 25.9 Å². The smallest absolute Gasteiger partial charge is 0.307 e. The number of aliphatic imine (C=N–C) groups is 1. The zero-order chi connectivity index (χ0) is 8.27. The van der Waals surface area contributed by atoms with Crippen LogP contribution in [0.3, 0.4) is 0 Å². The Balaban J connectivity index is 2.30. The van der Waals surface area contributed by atoms with Gasteiger partial charge >= 0.3 is 5.97 Å². The Labute approximate surface area is 64.9 Å². The van der Waals surface area contributed by atoms with Gasteiger partial charge in [0.25, 0.3) is 0 Å². The third-order valence-corrected chi connectivity index (χ3v) is 1.48. The summed E-state index contributed by atoms with van der Waals surface area (Å²) in [6, 6.07) is 0. The molecule has 0 fully saturated rings. The highest BCUT2D eigenvalue weighted by Gasteiger charge is 2.20. The second-order valence-corrected chi connectivity index (χ2v) is 2.43. The van der Waals surface area contributed by atoms with Crippen molar-refractivity contribution in [3.8, 4) is 0 Å². The molecule has 1 unspecified atom stereocenters. The molecule has 0 saturated heterocycles. The highest BCUT2D eigenvalue weighted by atomic mass is 16.5. The quantitative estimate of drug-likeness (QED) is 0.655. The van der Waals surface area contributed by atoms with Gasteiger partial charge in [0.15, 0.2) is 5.90 Å². The third-order valence-electron chi connectivity index (χ3n) is 1.48. The number of hydrogen-bond acceptors (Lipinski definition) is 3. The predicted molar refractivity (Wildman–Crippen MR) is 39.7 cm³/mol. The van der Waals surface area contributed by atoms with Crippen LogP contribution < -0.4 is 0 Å². The van der Waals surface area contributed by atoms with E-state index in [1.54, 1.807) is 0 Å². The lowest BCUT2D eigenvalue weighted by Crippen LogP contribution is -2.17. The van der Waals surface area contributed by atoms with Crippen LogP contribution >= 0.6 is 0 Å². The third kappa shape index (κ3) is 2.22. The molecule has 1 aliphatic rings. The molecule has 0 aromatic heterocycles. The van der Waals surface area contributed by atoms with Crippen molar-refractivity contribution in [2.24, 2.45) is 4.99 Å². The average molecular weight is 157 g/mol. The summed E-state index contributed by atoms with van der Waals surface area (Å²) in [6.07, 6.45) is 0.561. The SMILES string of the molecule is CCC1=NCC(CC(=O)O)O1. The van der Waals surface area contributed by atoms with E-state index in [-0.39, 0.29) is 12.5 Å². The molecule has 1 atom stereocenters. The highest BCUT2D eigenvalue weighted by molar-refractivity contribution is 5.78. The molecular formula is C7H11NO3. The van der Waals surface area contributed by atoms with Gasteiger partial charge in [-0.1, -0.05) is 6.92 Å². The van der Waals surface area contributed by atoms with Gasteiger partial charge in [-0.2, -0.15) is 0 Å². The minimum absolute atomic E-state index is 0.0486. The van der Waals surface area contributed by atoms with Crippen molar-refractivity contribution >= 4 is 11.9 Å². The molecule has 0 amide bonds. The summed E-state index contributed by atoms with van der Waals surface area (Å²) in [5.41, 5.74) is 0. The Hall–Kier alpha value is -1.06. The van der Waals surface area contributed by atoms with Crippen LogP contribution in [0, 0.1) is 0 Å². The molecule has 0 spiro atoms. The zero-order valence-electron chi connectivity index (χ0n) is 6.41. The molecule has 62 valence electrons. The molecule has 0 aromatic carbocycles. The van der Waals surface area contributed by atoms with Crippen LogP contribution in [0.1, 0.15) is 19.8 Å². The number of nitrogens with zero attached hydrogens (tertiary/aromatic N) is 1. The lowest BCUT2D eigenvalue weighted by molar-refractivity contribution is -0.138. The first-order valence-electron chi connectivity index (χ1n) is 3.64. The van der Waals surface area contributed by atoms with Gasteiger partial charge in [0, 0.05) is 6.42 Å². The Morgan fingerprint density at radius 1 is 1.91 bits per heavy atom. The van der Waals surface area contributed by atoms with Crippen molar-refractivity contribution in [1.82, 2.24) is 0 Å². The predicted octanol–water partition coefficient (Wildman–Crippen LogP) is 0.668. The Bertz CT molecular complexity index is 188. The van der Waals surface area contributed by atoms with Crippen molar-refractivity contribution in [3.05, 3.63) is 0 Å². The maximum absolute atomic E-state index is 10.2. The number of carboxylic acids is 1. The molecule has 1 rings (SSSR count). The van der Waals surface area contributed by atoms with Gasteiger partial charge in [0.05, 0.1) is 13.0 Å². The van der Waals surface area contributed by atoms with Gasteiger partial charge in [0.2, 0.25) is 0 Å². The molecule has 0 bridgehead atoms. The monoisotopic (exact) mass is 157 g/mol. The Morgan fingerprint density at radius 3 is 3.09 bits per heavy atom. The van der Waals surface area contributed by atoms with E-state index in [0.29, 0.717) is 12.4 Å². The van der Waals surface area contributed by atoms with E-state index >= 15 is 0 Å². The first kappa shape index (κ1) is 8.04. The summed E-state index contributed by atoms with van der Waals surface area (Å²) in [5.74, 6) is -0.154. The molecule has 1 heterocycles. The van der Waals surface area contributed by atoms with Gasteiger partial charge in [-0.05, 0) is 0 Å². The van der Waals surface area contributed by atoms with Gasteiger partial charge < -0.3 is 9.84 Å². The van der Waals surface area contributed by atoms with Crippen molar-refractivity contribution in [1.29, 1.82) is 0 Å². The van der Waals surface area contributed by atoms with E-state index in [0.717, 1.165) is 6.42 Å². The summed E-state index contributed by atoms with van der Waals surface area (Å²) < 4.78 is 5.19. The van der Waals surface area contributed by atoms with Crippen molar-refractivity contribution in [2.75, 3.05) is 6.54 Å². The molecule has 1 aliphatic heterocycles. The van der Waals surface area contributed by atoms with Gasteiger partial charge in [-0.3, -0.25) is 9.79 Å². The van der Waals surface area contributed by atoms with E-state index < -0.39 is 5.97 Å². The molecule has 11 heavy (non-hydrogen) atoms. The topological polar surface area (TPSA) is 58.9 Å². The van der Waals surface area contributed by atoms with Crippen LogP contribution in [0.15, 0.2) is 4.99 Å². The largest absolute Gasteiger partial charge is 0.481 e. The fraction of sp³-hybridized carbons (Fsp3) is 0.714. The number of rotatable bonds is 3. The lowest BCUT2D eigenvalue weighted by atomic mass is 10.3. The number of carboxylic acid groups (broad SMARTS) is 1. The fourth-order valence-corrected chi connectivity index (χ4v) is 0.967. The number of hydrogen-bond donors (Lipinski definition) is 1. The number of ether oxygens (including phenoxy) is 1. The van der Waals surface area contributed by atoms with Crippen LogP contribution in [-0.4, -0.2) is 29.6 Å². The summed E-state index contributed by atoms with van der Waals surface area (Å²) in [7, 11) is 0. The van der Waals surface area contributed by atoms with Gasteiger partial charge in [0.1, 0.15) is 6.10 Å².